The van der Waals surface area contributed by atoms with E-state index in [-0.39, 0.29) is 47.7 Å². The van der Waals surface area contributed by atoms with E-state index in [1.807, 2.05) is 87.2 Å². The molecular weight excluding hydrogens is 1110 g/mol. The van der Waals surface area contributed by atoms with Gasteiger partial charge in [-0.25, -0.2) is 0 Å². The lowest BCUT2D eigenvalue weighted by molar-refractivity contribution is -0.153. The first kappa shape index (κ1) is 61.3. The molecule has 4 aromatic carbocycles. The standard InChI is InChI=1S/C51H65Cl7O8P4/c1-46(2,3)36-26-32(16-20-40(36)63-67(15)52)50(13,33-17-21-41(64-68(53)54)37(27-33)47(4,5)6)30-44(59)61-24-25-62-45(60)31-51(14,34-18-22-42(65-69(55)56)38(28-34)48(7,8)9)35-19-23-43(66-70(57)58)39(29-35)49(10,11)12/h16-23,26-29H,24-25,30-31H2,1-15H3. The maximum absolute atomic E-state index is 14.1. The summed E-state index contributed by atoms with van der Waals surface area (Å²) >= 11 is 43.3. The molecule has 0 aliphatic heterocycles. The molecule has 0 spiro atoms. The lowest BCUT2D eigenvalue weighted by Gasteiger charge is -2.34. The first-order valence-corrected chi connectivity index (χ1v) is 34.3. The molecule has 0 saturated heterocycles. The molecule has 0 N–H and O–H groups in total. The minimum absolute atomic E-state index is 0.0589. The number of ether oxygens (including phenoxy) is 2. The van der Waals surface area contributed by atoms with Crippen LogP contribution in [0.15, 0.2) is 72.8 Å². The molecule has 0 amide bonds. The Labute approximate surface area is 454 Å². The van der Waals surface area contributed by atoms with Crippen LogP contribution in [0.1, 0.15) is 154 Å². The third kappa shape index (κ3) is 16.6. The largest absolute Gasteiger partial charge is 0.462 e. The van der Waals surface area contributed by atoms with Crippen molar-refractivity contribution < 1.29 is 37.2 Å². The Bertz CT molecular complexity index is 2150. The Morgan fingerprint density at radius 3 is 0.829 bits per heavy atom. The molecule has 2 unspecified atom stereocenters. The number of benzene rings is 4. The summed E-state index contributed by atoms with van der Waals surface area (Å²) in [5.41, 5.74) is 3.46. The smallest absolute Gasteiger partial charge is 0.307 e. The molecular formula is C51H65Cl7O8P4. The average molecular weight is 1180 g/mol. The summed E-state index contributed by atoms with van der Waals surface area (Å²) in [4.78, 5) is 28.3. The zero-order valence-corrected chi connectivity index (χ0v) is 51.3. The van der Waals surface area contributed by atoms with Crippen LogP contribution in [0, 0.1) is 0 Å². The van der Waals surface area contributed by atoms with Gasteiger partial charge < -0.3 is 27.6 Å². The van der Waals surface area contributed by atoms with Gasteiger partial charge in [0.1, 0.15) is 36.2 Å². The van der Waals surface area contributed by atoms with E-state index in [2.05, 4.69) is 89.2 Å². The number of hydrogen-bond donors (Lipinski definition) is 0. The molecule has 0 fully saturated rings. The van der Waals surface area contributed by atoms with Crippen LogP contribution in [0.3, 0.4) is 0 Å². The highest BCUT2D eigenvalue weighted by molar-refractivity contribution is 8.01. The molecule has 19 heteroatoms. The molecule has 0 bridgehead atoms. The number of carbonyl (C=O) groups is 2. The van der Waals surface area contributed by atoms with Crippen molar-refractivity contribution in [2.75, 3.05) is 19.9 Å². The van der Waals surface area contributed by atoms with Gasteiger partial charge in [-0.2, -0.15) is 0 Å². The van der Waals surface area contributed by atoms with Crippen LogP contribution < -0.4 is 18.1 Å². The Balaban J connectivity index is 1.70. The number of halogens is 7. The third-order valence-corrected chi connectivity index (χ3v) is 14.9. The first-order valence-electron chi connectivity index (χ1n) is 22.4. The minimum Gasteiger partial charge on any atom is -0.462 e. The maximum Gasteiger partial charge on any atom is 0.307 e. The van der Waals surface area contributed by atoms with Crippen molar-refractivity contribution in [2.24, 2.45) is 0 Å². The van der Waals surface area contributed by atoms with Crippen LogP contribution in [-0.4, -0.2) is 31.8 Å². The Morgan fingerprint density at radius 2 is 0.629 bits per heavy atom. The minimum atomic E-state index is -1.75. The van der Waals surface area contributed by atoms with Crippen LogP contribution in [0.25, 0.3) is 0 Å². The van der Waals surface area contributed by atoms with Crippen molar-refractivity contribution in [3.05, 3.63) is 117 Å². The predicted octanol–water partition coefficient (Wildman–Crippen LogP) is 19.9. The molecule has 0 aliphatic carbocycles. The fourth-order valence-corrected chi connectivity index (χ4v) is 11.2. The van der Waals surface area contributed by atoms with Gasteiger partial charge in [0.05, 0.1) is 12.8 Å². The van der Waals surface area contributed by atoms with Crippen molar-refractivity contribution in [1.82, 2.24) is 0 Å². The second-order valence-electron chi connectivity index (χ2n) is 21.7. The van der Waals surface area contributed by atoms with E-state index < -0.39 is 50.8 Å². The highest BCUT2D eigenvalue weighted by Crippen LogP contribution is 2.54. The molecule has 386 valence electrons. The molecule has 0 aliphatic rings. The maximum atomic E-state index is 14.1. The molecule has 4 rings (SSSR count). The van der Waals surface area contributed by atoms with Gasteiger partial charge in [0.2, 0.25) is 0 Å². The average Bonchev–Trinajstić information content (AvgIpc) is 3.20. The highest BCUT2D eigenvalue weighted by atomic mass is 35.9. The summed E-state index contributed by atoms with van der Waals surface area (Å²) in [5.74, 6) is 1.33. The summed E-state index contributed by atoms with van der Waals surface area (Å²) < 4.78 is 35.5. The molecule has 0 aromatic heterocycles. The van der Waals surface area contributed by atoms with E-state index >= 15 is 0 Å². The van der Waals surface area contributed by atoms with Crippen LogP contribution in [0.2, 0.25) is 0 Å². The Hall–Kier alpha value is -1.23. The summed E-state index contributed by atoms with van der Waals surface area (Å²) in [6, 6.07) is 23.3. The molecule has 70 heavy (non-hydrogen) atoms. The lowest BCUT2D eigenvalue weighted by atomic mass is 9.70. The predicted molar refractivity (Wildman–Crippen MR) is 302 cm³/mol. The zero-order valence-electron chi connectivity index (χ0n) is 42.5. The van der Waals surface area contributed by atoms with Crippen molar-refractivity contribution >= 4 is 119 Å². The molecule has 2 atom stereocenters. The van der Waals surface area contributed by atoms with Gasteiger partial charge in [0.25, 0.3) is 20.6 Å². The molecule has 4 aromatic rings. The van der Waals surface area contributed by atoms with E-state index in [1.165, 1.54) is 0 Å². The number of hydrogen-bond acceptors (Lipinski definition) is 8. The van der Waals surface area contributed by atoms with E-state index in [0.717, 1.165) is 44.5 Å². The quantitative estimate of drug-likeness (QED) is 0.0521. The van der Waals surface area contributed by atoms with Crippen molar-refractivity contribution in [3.63, 3.8) is 0 Å². The monoisotopic (exact) mass is 1170 g/mol. The van der Waals surface area contributed by atoms with Gasteiger partial charge >= 0.3 is 11.9 Å². The van der Waals surface area contributed by atoms with Gasteiger partial charge in [-0.1, -0.05) is 157 Å². The van der Waals surface area contributed by atoms with Crippen LogP contribution >= 0.6 is 107 Å². The van der Waals surface area contributed by atoms with E-state index in [9.17, 15) is 9.59 Å². The SMILES string of the molecule is CP(Cl)Oc1ccc(C(C)(CC(=O)OCCOC(=O)CC(C)(c2ccc(OP(Cl)Cl)c(C(C)(C)C)c2)c2ccc(OP(Cl)Cl)c(C(C)(C)C)c2)c2ccc(OP(Cl)Cl)c(C(C)(C)C)c2)cc1C(C)(C)C. The molecule has 0 heterocycles. The number of carbonyl (C=O) groups excluding carboxylic acids is 2. The van der Waals surface area contributed by atoms with Crippen molar-refractivity contribution in [1.29, 1.82) is 0 Å². The van der Waals surface area contributed by atoms with E-state index in [0.29, 0.717) is 23.0 Å². The van der Waals surface area contributed by atoms with Gasteiger partial charge in [-0.05, 0) is 136 Å². The topological polar surface area (TPSA) is 89.5 Å². The fourth-order valence-electron chi connectivity index (χ4n) is 8.25. The molecule has 8 nitrogen and oxygen atoms in total. The molecule has 0 saturated carbocycles. The summed E-state index contributed by atoms with van der Waals surface area (Å²) in [5, 5.41) is 0. The second kappa shape index (κ2) is 24.6. The van der Waals surface area contributed by atoms with Crippen LogP contribution in [0.4, 0.5) is 0 Å². The summed E-state index contributed by atoms with van der Waals surface area (Å²) in [6.45, 7) is 25.1. The normalized spacial score (nSPS) is 14.1. The first-order chi connectivity index (χ1) is 32.1. The van der Waals surface area contributed by atoms with Gasteiger partial charge in [-0.3, -0.25) is 9.59 Å². The van der Waals surface area contributed by atoms with Crippen LogP contribution in [0.5, 0.6) is 23.0 Å². The van der Waals surface area contributed by atoms with Crippen molar-refractivity contribution in [3.8, 4) is 23.0 Å². The summed E-state index contributed by atoms with van der Waals surface area (Å²) in [6.07, 6.45) is -0.136. The third-order valence-electron chi connectivity index (χ3n) is 12.0. The second-order valence-corrected chi connectivity index (χ2v) is 33.0. The fraction of sp³-hybridized carbons (Fsp3) is 0.490. The number of esters is 2. The lowest BCUT2D eigenvalue weighted by Crippen LogP contribution is -2.31. The van der Waals surface area contributed by atoms with E-state index in [1.54, 1.807) is 0 Å². The number of rotatable bonds is 19. The zero-order chi connectivity index (χ0) is 52.9. The molecule has 0 radical (unpaired) electrons. The highest BCUT2D eigenvalue weighted by Gasteiger charge is 2.38. The van der Waals surface area contributed by atoms with Crippen molar-refractivity contribution in [2.45, 2.75) is 142 Å². The Kier molecular flexibility index (Phi) is 21.6. The van der Waals surface area contributed by atoms with Gasteiger partial charge in [0, 0.05) is 39.7 Å². The summed E-state index contributed by atoms with van der Waals surface area (Å²) in [7, 11) is -1.23. The Morgan fingerprint density at radius 1 is 0.400 bits per heavy atom. The van der Waals surface area contributed by atoms with E-state index in [4.69, 9.17) is 106 Å². The van der Waals surface area contributed by atoms with Crippen LogP contribution in [-0.2, 0) is 51.6 Å². The van der Waals surface area contributed by atoms with Gasteiger partial charge in [-0.15, -0.1) is 0 Å². The van der Waals surface area contributed by atoms with Gasteiger partial charge in [0.15, 0.2) is 7.50 Å².